The van der Waals surface area contributed by atoms with Gasteiger partial charge in [-0.2, -0.15) is 0 Å². The molecule has 1 atom stereocenters. The third kappa shape index (κ3) is 4.23. The van der Waals surface area contributed by atoms with Crippen LogP contribution in [0.4, 0.5) is 0 Å². The highest BCUT2D eigenvalue weighted by Crippen LogP contribution is 2.18. The molecule has 4 rings (SSSR count). The molecule has 138 valence electrons. The van der Waals surface area contributed by atoms with Crippen LogP contribution >= 0.6 is 12.4 Å². The summed E-state index contributed by atoms with van der Waals surface area (Å²) in [7, 11) is 0. The Morgan fingerprint density at radius 3 is 2.46 bits per heavy atom. The van der Waals surface area contributed by atoms with Crippen molar-refractivity contribution in [3.63, 3.8) is 0 Å². The van der Waals surface area contributed by atoms with Gasteiger partial charge in [-0.25, -0.2) is 0 Å². The number of benzene rings is 1. The zero-order valence-corrected chi connectivity index (χ0v) is 15.6. The summed E-state index contributed by atoms with van der Waals surface area (Å²) in [4.78, 5) is 21.4. The Kier molecular flexibility index (Phi) is 6.25. The molecule has 2 aromatic rings. The summed E-state index contributed by atoms with van der Waals surface area (Å²) >= 11 is 0. The number of amides is 1. The Bertz CT molecular complexity index is 732. The molecule has 0 aliphatic carbocycles. The van der Waals surface area contributed by atoms with Gasteiger partial charge in [0, 0.05) is 51.7 Å². The van der Waals surface area contributed by atoms with Crippen LogP contribution in [0, 0.1) is 0 Å². The van der Waals surface area contributed by atoms with Crippen LogP contribution in [0.3, 0.4) is 0 Å². The standard InChI is InChI=1S/C20H24N4O.ClH/c25-20(19-13-17-3-1-2-4-18(17)14-22-19)24-11-9-23(10-12-24)15-16-5-7-21-8-6-16;/h1-8,19,22H,9-15H2;1H. The van der Waals surface area contributed by atoms with E-state index in [1.165, 1.54) is 16.7 Å². The van der Waals surface area contributed by atoms with E-state index in [9.17, 15) is 4.79 Å². The maximum absolute atomic E-state index is 12.9. The van der Waals surface area contributed by atoms with Crippen molar-refractivity contribution < 1.29 is 4.79 Å². The minimum absolute atomic E-state index is 0. The Balaban J connectivity index is 0.00000196. The molecule has 5 nitrogen and oxygen atoms in total. The summed E-state index contributed by atoms with van der Waals surface area (Å²) < 4.78 is 0. The molecule has 1 aromatic carbocycles. The molecular formula is C20H25ClN4O. The normalized spacial score (nSPS) is 20.2. The van der Waals surface area contributed by atoms with Gasteiger partial charge < -0.3 is 10.2 Å². The minimum atomic E-state index is -0.0818. The first-order chi connectivity index (χ1) is 12.3. The van der Waals surface area contributed by atoms with Crippen LogP contribution in [0.15, 0.2) is 48.8 Å². The summed E-state index contributed by atoms with van der Waals surface area (Å²) in [6.45, 7) is 5.19. The highest BCUT2D eigenvalue weighted by Gasteiger charge is 2.29. The van der Waals surface area contributed by atoms with Gasteiger partial charge in [0.25, 0.3) is 0 Å². The van der Waals surface area contributed by atoms with Crippen LogP contribution in [0.5, 0.6) is 0 Å². The summed E-state index contributed by atoms with van der Waals surface area (Å²) in [6, 6.07) is 12.4. The molecule has 1 saturated heterocycles. The number of carbonyl (C=O) groups is 1. The molecule has 0 saturated carbocycles. The van der Waals surface area contributed by atoms with E-state index in [-0.39, 0.29) is 24.4 Å². The molecule has 1 aromatic heterocycles. The highest BCUT2D eigenvalue weighted by molar-refractivity contribution is 5.85. The third-order valence-corrected chi connectivity index (χ3v) is 5.22. The maximum atomic E-state index is 12.9. The van der Waals surface area contributed by atoms with Gasteiger partial charge in [0.1, 0.15) is 0 Å². The van der Waals surface area contributed by atoms with Crippen LogP contribution in [0.25, 0.3) is 0 Å². The average Bonchev–Trinajstić information content (AvgIpc) is 2.68. The van der Waals surface area contributed by atoms with Crippen molar-refractivity contribution in [2.24, 2.45) is 0 Å². The zero-order chi connectivity index (χ0) is 17.1. The monoisotopic (exact) mass is 372 g/mol. The van der Waals surface area contributed by atoms with Crippen LogP contribution < -0.4 is 5.32 Å². The van der Waals surface area contributed by atoms with Crippen LogP contribution in [0.1, 0.15) is 16.7 Å². The van der Waals surface area contributed by atoms with Crippen molar-refractivity contribution in [3.8, 4) is 0 Å². The van der Waals surface area contributed by atoms with Crippen molar-refractivity contribution in [2.45, 2.75) is 25.6 Å². The van der Waals surface area contributed by atoms with Gasteiger partial charge in [0.15, 0.2) is 0 Å². The molecule has 0 spiro atoms. The topological polar surface area (TPSA) is 48.5 Å². The molecule has 0 radical (unpaired) electrons. The van der Waals surface area contributed by atoms with E-state index in [1.807, 2.05) is 17.3 Å². The van der Waals surface area contributed by atoms with E-state index in [4.69, 9.17) is 0 Å². The highest BCUT2D eigenvalue weighted by atomic mass is 35.5. The van der Waals surface area contributed by atoms with Gasteiger partial charge in [-0.05, 0) is 35.2 Å². The summed E-state index contributed by atoms with van der Waals surface area (Å²) in [5.41, 5.74) is 3.89. The van der Waals surface area contributed by atoms with Crippen LogP contribution in [-0.2, 0) is 24.3 Å². The van der Waals surface area contributed by atoms with Crippen molar-refractivity contribution >= 4 is 18.3 Å². The lowest BCUT2D eigenvalue weighted by Gasteiger charge is -2.37. The minimum Gasteiger partial charge on any atom is -0.339 e. The number of piperazine rings is 1. The molecule has 1 N–H and O–H groups in total. The number of nitrogens with zero attached hydrogens (tertiary/aromatic N) is 3. The predicted octanol–water partition coefficient (Wildman–Crippen LogP) is 1.86. The van der Waals surface area contributed by atoms with E-state index < -0.39 is 0 Å². The SMILES string of the molecule is Cl.O=C(C1Cc2ccccc2CN1)N1CCN(Cc2ccncc2)CC1. The Morgan fingerprint density at radius 1 is 1.04 bits per heavy atom. The summed E-state index contributed by atoms with van der Waals surface area (Å²) in [5, 5.41) is 3.41. The van der Waals surface area contributed by atoms with Gasteiger partial charge in [0.2, 0.25) is 5.91 Å². The smallest absolute Gasteiger partial charge is 0.240 e. The number of hydrogen-bond acceptors (Lipinski definition) is 4. The zero-order valence-electron chi connectivity index (χ0n) is 14.8. The number of nitrogens with one attached hydrogen (secondary N) is 1. The molecule has 2 aliphatic heterocycles. The Morgan fingerprint density at radius 2 is 1.73 bits per heavy atom. The lowest BCUT2D eigenvalue weighted by Crippen LogP contribution is -2.55. The molecule has 1 fully saturated rings. The number of fused-ring (bicyclic) bond motifs is 1. The number of pyridine rings is 1. The number of carbonyl (C=O) groups excluding carboxylic acids is 1. The average molecular weight is 373 g/mol. The second-order valence-corrected chi connectivity index (χ2v) is 6.86. The number of hydrogen-bond donors (Lipinski definition) is 1. The fourth-order valence-electron chi connectivity index (χ4n) is 3.72. The fourth-order valence-corrected chi connectivity index (χ4v) is 3.72. The molecule has 26 heavy (non-hydrogen) atoms. The van der Waals surface area contributed by atoms with Gasteiger partial charge in [-0.1, -0.05) is 24.3 Å². The maximum Gasteiger partial charge on any atom is 0.240 e. The van der Waals surface area contributed by atoms with E-state index in [0.717, 1.165) is 45.7 Å². The number of rotatable bonds is 3. The number of aromatic nitrogens is 1. The van der Waals surface area contributed by atoms with Crippen molar-refractivity contribution in [1.29, 1.82) is 0 Å². The van der Waals surface area contributed by atoms with Gasteiger partial charge >= 0.3 is 0 Å². The second kappa shape index (κ2) is 8.62. The van der Waals surface area contributed by atoms with Gasteiger partial charge in [-0.15, -0.1) is 12.4 Å². The largest absolute Gasteiger partial charge is 0.339 e. The van der Waals surface area contributed by atoms with Crippen molar-refractivity contribution in [3.05, 3.63) is 65.5 Å². The van der Waals surface area contributed by atoms with Crippen molar-refractivity contribution in [1.82, 2.24) is 20.1 Å². The summed E-state index contributed by atoms with van der Waals surface area (Å²) in [5.74, 6) is 0.248. The molecule has 1 amide bonds. The fraction of sp³-hybridized carbons (Fsp3) is 0.400. The first-order valence-electron chi connectivity index (χ1n) is 9.00. The first-order valence-corrected chi connectivity index (χ1v) is 9.00. The number of halogens is 1. The molecule has 3 heterocycles. The Hall–Kier alpha value is -1.95. The van der Waals surface area contributed by atoms with E-state index in [0.29, 0.717) is 0 Å². The van der Waals surface area contributed by atoms with Crippen LogP contribution in [-0.4, -0.2) is 52.9 Å². The van der Waals surface area contributed by atoms with Crippen LogP contribution in [0.2, 0.25) is 0 Å². The van der Waals surface area contributed by atoms with E-state index in [1.54, 1.807) is 0 Å². The molecule has 2 aliphatic rings. The third-order valence-electron chi connectivity index (χ3n) is 5.22. The first kappa shape index (κ1) is 18.8. The molecule has 1 unspecified atom stereocenters. The lowest BCUT2D eigenvalue weighted by molar-refractivity contribution is -0.135. The van der Waals surface area contributed by atoms with Gasteiger partial charge in [0.05, 0.1) is 6.04 Å². The summed E-state index contributed by atoms with van der Waals surface area (Å²) in [6.07, 6.45) is 4.47. The molecule has 6 heteroatoms. The predicted molar refractivity (Wildman–Crippen MR) is 104 cm³/mol. The molecular weight excluding hydrogens is 348 g/mol. The molecule has 0 bridgehead atoms. The Labute approximate surface area is 160 Å². The second-order valence-electron chi connectivity index (χ2n) is 6.86. The quantitative estimate of drug-likeness (QED) is 0.893. The van der Waals surface area contributed by atoms with E-state index >= 15 is 0 Å². The van der Waals surface area contributed by atoms with Crippen molar-refractivity contribution in [2.75, 3.05) is 26.2 Å². The van der Waals surface area contributed by atoms with Gasteiger partial charge in [-0.3, -0.25) is 14.7 Å². The lowest BCUT2D eigenvalue weighted by atomic mass is 9.95. The van der Waals surface area contributed by atoms with E-state index in [2.05, 4.69) is 51.6 Å².